The third-order valence-corrected chi connectivity index (χ3v) is 4.44. The Morgan fingerprint density at radius 1 is 1.08 bits per heavy atom. The van der Waals surface area contributed by atoms with Crippen LogP contribution in [0.4, 0.5) is 10.5 Å². The van der Waals surface area contributed by atoms with E-state index in [-0.39, 0.29) is 6.03 Å². The lowest BCUT2D eigenvalue weighted by Crippen LogP contribution is -2.51. The number of aromatic nitrogens is 1. The van der Waals surface area contributed by atoms with Gasteiger partial charge in [-0.15, -0.1) is 0 Å². The van der Waals surface area contributed by atoms with Gasteiger partial charge in [-0.2, -0.15) is 0 Å². The summed E-state index contributed by atoms with van der Waals surface area (Å²) in [5.41, 5.74) is 3.61. The van der Waals surface area contributed by atoms with Crippen molar-refractivity contribution in [3.63, 3.8) is 0 Å². The van der Waals surface area contributed by atoms with Crippen molar-refractivity contribution in [2.45, 2.75) is 19.9 Å². The van der Waals surface area contributed by atoms with Gasteiger partial charge in [-0.3, -0.25) is 4.98 Å². The van der Waals surface area contributed by atoms with Gasteiger partial charge in [0.1, 0.15) is 0 Å². The highest BCUT2D eigenvalue weighted by atomic mass is 16.2. The SMILES string of the molecule is CCc1ccc(N2CCN(C(=O)NCc3cccnc3)CC2)cc1. The zero-order chi connectivity index (χ0) is 16.8. The molecule has 3 rings (SSSR count). The maximum Gasteiger partial charge on any atom is 0.317 e. The van der Waals surface area contributed by atoms with Crippen LogP contribution >= 0.6 is 0 Å². The van der Waals surface area contributed by atoms with E-state index in [1.54, 1.807) is 12.4 Å². The van der Waals surface area contributed by atoms with Crippen molar-refractivity contribution in [3.05, 3.63) is 59.9 Å². The van der Waals surface area contributed by atoms with Crippen LogP contribution in [-0.4, -0.2) is 42.1 Å². The summed E-state index contributed by atoms with van der Waals surface area (Å²) in [5.74, 6) is 0. The van der Waals surface area contributed by atoms with Crippen molar-refractivity contribution < 1.29 is 4.79 Å². The molecule has 1 aliphatic rings. The minimum atomic E-state index is -0.000154. The molecule has 126 valence electrons. The fourth-order valence-corrected chi connectivity index (χ4v) is 2.90. The predicted octanol–water partition coefficient (Wildman–Crippen LogP) is 2.68. The lowest BCUT2D eigenvalue weighted by atomic mass is 10.1. The number of hydrogen-bond acceptors (Lipinski definition) is 3. The fourth-order valence-electron chi connectivity index (χ4n) is 2.90. The third-order valence-electron chi connectivity index (χ3n) is 4.44. The van der Waals surface area contributed by atoms with Crippen molar-refractivity contribution in [1.29, 1.82) is 0 Å². The van der Waals surface area contributed by atoms with Crippen molar-refractivity contribution in [3.8, 4) is 0 Å². The molecule has 0 aliphatic carbocycles. The normalized spacial score (nSPS) is 14.5. The molecule has 5 nitrogen and oxygen atoms in total. The van der Waals surface area contributed by atoms with Gasteiger partial charge < -0.3 is 15.1 Å². The smallest absolute Gasteiger partial charge is 0.317 e. The number of hydrogen-bond donors (Lipinski definition) is 1. The molecule has 2 amide bonds. The Morgan fingerprint density at radius 2 is 1.83 bits per heavy atom. The number of anilines is 1. The topological polar surface area (TPSA) is 48.5 Å². The Kier molecular flexibility index (Phi) is 5.31. The van der Waals surface area contributed by atoms with Gasteiger partial charge in [0, 0.05) is 50.8 Å². The highest BCUT2D eigenvalue weighted by Gasteiger charge is 2.21. The van der Waals surface area contributed by atoms with Gasteiger partial charge in [0.05, 0.1) is 0 Å². The second-order valence-corrected chi connectivity index (χ2v) is 6.01. The van der Waals surface area contributed by atoms with Crippen LogP contribution in [0.5, 0.6) is 0 Å². The first-order valence-corrected chi connectivity index (χ1v) is 8.52. The van der Waals surface area contributed by atoms with E-state index in [1.165, 1.54) is 11.3 Å². The zero-order valence-electron chi connectivity index (χ0n) is 14.1. The molecule has 0 spiro atoms. The van der Waals surface area contributed by atoms with Crippen LogP contribution in [0.1, 0.15) is 18.1 Å². The average Bonchev–Trinajstić information content (AvgIpc) is 2.67. The summed E-state index contributed by atoms with van der Waals surface area (Å²) in [6, 6.07) is 12.6. The molecule has 0 unspecified atom stereocenters. The number of rotatable bonds is 4. The van der Waals surface area contributed by atoms with Crippen molar-refractivity contribution in [1.82, 2.24) is 15.2 Å². The Balaban J connectivity index is 1.48. The highest BCUT2D eigenvalue weighted by molar-refractivity contribution is 5.74. The Morgan fingerprint density at radius 3 is 2.46 bits per heavy atom. The Hall–Kier alpha value is -2.56. The molecule has 1 saturated heterocycles. The molecule has 1 aliphatic heterocycles. The summed E-state index contributed by atoms with van der Waals surface area (Å²) in [4.78, 5) is 20.6. The second-order valence-electron chi connectivity index (χ2n) is 6.01. The van der Waals surface area contributed by atoms with E-state index in [4.69, 9.17) is 0 Å². The molecule has 24 heavy (non-hydrogen) atoms. The van der Waals surface area contributed by atoms with Gasteiger partial charge in [0.25, 0.3) is 0 Å². The number of pyridine rings is 1. The Bertz CT molecular complexity index is 649. The predicted molar refractivity (Wildman–Crippen MR) is 96.1 cm³/mol. The number of nitrogens with zero attached hydrogens (tertiary/aromatic N) is 3. The van der Waals surface area contributed by atoms with Gasteiger partial charge in [-0.25, -0.2) is 4.79 Å². The monoisotopic (exact) mass is 324 g/mol. The molecule has 0 bridgehead atoms. The minimum absolute atomic E-state index is 0.000154. The van der Waals surface area contributed by atoms with E-state index in [0.717, 1.165) is 38.2 Å². The number of amides is 2. The van der Waals surface area contributed by atoms with Crippen LogP contribution in [0, 0.1) is 0 Å². The highest BCUT2D eigenvalue weighted by Crippen LogP contribution is 2.17. The van der Waals surface area contributed by atoms with Crippen molar-refractivity contribution in [2.75, 3.05) is 31.1 Å². The summed E-state index contributed by atoms with van der Waals surface area (Å²) in [6.07, 6.45) is 4.57. The molecular formula is C19H24N4O. The molecular weight excluding hydrogens is 300 g/mol. The Labute approximate surface area is 143 Å². The number of carbonyl (C=O) groups excluding carboxylic acids is 1. The number of aryl methyl sites for hydroxylation is 1. The van der Waals surface area contributed by atoms with Crippen LogP contribution in [0.3, 0.4) is 0 Å². The first-order valence-electron chi connectivity index (χ1n) is 8.52. The summed E-state index contributed by atoms with van der Waals surface area (Å²) >= 11 is 0. The third kappa shape index (κ3) is 4.04. The van der Waals surface area contributed by atoms with E-state index in [9.17, 15) is 4.79 Å². The lowest BCUT2D eigenvalue weighted by molar-refractivity contribution is 0.194. The second kappa shape index (κ2) is 7.81. The van der Waals surface area contributed by atoms with E-state index >= 15 is 0 Å². The average molecular weight is 324 g/mol. The van der Waals surface area contributed by atoms with Gasteiger partial charge in [0.15, 0.2) is 0 Å². The molecule has 1 aromatic carbocycles. The van der Waals surface area contributed by atoms with Crippen LogP contribution in [-0.2, 0) is 13.0 Å². The lowest BCUT2D eigenvalue weighted by Gasteiger charge is -2.36. The van der Waals surface area contributed by atoms with E-state index in [1.807, 2.05) is 17.0 Å². The molecule has 2 aromatic rings. The van der Waals surface area contributed by atoms with Crippen molar-refractivity contribution in [2.24, 2.45) is 0 Å². The number of carbonyl (C=O) groups is 1. The number of benzene rings is 1. The van der Waals surface area contributed by atoms with Crippen LogP contribution < -0.4 is 10.2 Å². The summed E-state index contributed by atoms with van der Waals surface area (Å²) < 4.78 is 0. The van der Waals surface area contributed by atoms with Crippen LogP contribution in [0.15, 0.2) is 48.8 Å². The number of piperazine rings is 1. The van der Waals surface area contributed by atoms with Gasteiger partial charge in [0.2, 0.25) is 0 Å². The van der Waals surface area contributed by atoms with E-state index in [0.29, 0.717) is 6.54 Å². The molecule has 0 atom stereocenters. The molecule has 1 N–H and O–H groups in total. The summed E-state index contributed by atoms with van der Waals surface area (Å²) in [6.45, 7) is 5.91. The molecule has 0 radical (unpaired) electrons. The molecule has 1 aromatic heterocycles. The van der Waals surface area contributed by atoms with Crippen LogP contribution in [0.25, 0.3) is 0 Å². The number of urea groups is 1. The van der Waals surface area contributed by atoms with E-state index in [2.05, 4.69) is 46.4 Å². The largest absolute Gasteiger partial charge is 0.368 e. The fraction of sp³-hybridized carbons (Fsp3) is 0.368. The first kappa shape index (κ1) is 16.3. The van der Waals surface area contributed by atoms with E-state index < -0.39 is 0 Å². The van der Waals surface area contributed by atoms with Gasteiger partial charge in [-0.1, -0.05) is 25.1 Å². The minimum Gasteiger partial charge on any atom is -0.368 e. The van der Waals surface area contributed by atoms with Gasteiger partial charge >= 0.3 is 6.03 Å². The van der Waals surface area contributed by atoms with Crippen LogP contribution in [0.2, 0.25) is 0 Å². The van der Waals surface area contributed by atoms with Crippen molar-refractivity contribution >= 4 is 11.7 Å². The van der Waals surface area contributed by atoms with Gasteiger partial charge in [-0.05, 0) is 35.7 Å². The molecule has 0 saturated carbocycles. The number of nitrogens with one attached hydrogen (secondary N) is 1. The molecule has 2 heterocycles. The standard InChI is InChI=1S/C19H24N4O/c1-2-16-5-7-18(8-6-16)22-10-12-23(13-11-22)19(24)21-15-17-4-3-9-20-14-17/h3-9,14H,2,10-13,15H2,1H3,(H,21,24). The molecule has 5 heteroatoms. The zero-order valence-corrected chi connectivity index (χ0v) is 14.1. The maximum atomic E-state index is 12.3. The maximum absolute atomic E-state index is 12.3. The quantitative estimate of drug-likeness (QED) is 0.941. The first-order chi connectivity index (χ1) is 11.8. The summed E-state index contributed by atoms with van der Waals surface area (Å²) in [7, 11) is 0. The summed E-state index contributed by atoms with van der Waals surface area (Å²) in [5, 5.41) is 2.97. The molecule has 1 fully saturated rings.